The molecule has 2 N–H and O–H groups in total. The Hall–Kier alpha value is -1.61. The Kier molecular flexibility index (Phi) is 3.37. The van der Waals surface area contributed by atoms with Crippen molar-refractivity contribution >= 4 is 12.0 Å². The Labute approximate surface area is 95.6 Å². The highest BCUT2D eigenvalue weighted by Gasteiger charge is 2.21. The first-order valence-electron chi connectivity index (χ1n) is 5.53. The van der Waals surface area contributed by atoms with Crippen molar-refractivity contribution in [1.29, 1.82) is 0 Å². The van der Waals surface area contributed by atoms with Crippen molar-refractivity contribution in [2.24, 2.45) is 5.73 Å². The van der Waals surface area contributed by atoms with E-state index in [0.29, 0.717) is 6.54 Å². The third-order valence-electron chi connectivity index (χ3n) is 2.75. The van der Waals surface area contributed by atoms with Gasteiger partial charge >= 0.3 is 0 Å². The Morgan fingerprint density at radius 3 is 2.75 bits per heavy atom. The van der Waals surface area contributed by atoms with Crippen molar-refractivity contribution in [2.75, 3.05) is 13.1 Å². The highest BCUT2D eigenvalue weighted by atomic mass is 16.2. The number of rotatable bonds is 2. The van der Waals surface area contributed by atoms with Crippen LogP contribution in [-0.4, -0.2) is 29.9 Å². The zero-order valence-corrected chi connectivity index (χ0v) is 9.17. The molecule has 1 aromatic carbocycles. The van der Waals surface area contributed by atoms with Crippen molar-refractivity contribution in [3.8, 4) is 0 Å². The second kappa shape index (κ2) is 4.94. The second-order valence-corrected chi connectivity index (χ2v) is 4.08. The molecule has 16 heavy (non-hydrogen) atoms. The van der Waals surface area contributed by atoms with Crippen molar-refractivity contribution < 1.29 is 4.79 Å². The molecule has 0 spiro atoms. The van der Waals surface area contributed by atoms with E-state index in [-0.39, 0.29) is 11.9 Å². The van der Waals surface area contributed by atoms with Gasteiger partial charge < -0.3 is 10.6 Å². The number of nitrogens with two attached hydrogens (primary N) is 1. The average molecular weight is 216 g/mol. The summed E-state index contributed by atoms with van der Waals surface area (Å²) in [5.74, 6) is 0.0526. The minimum atomic E-state index is 0.0526. The minimum absolute atomic E-state index is 0.0526. The predicted molar refractivity (Wildman–Crippen MR) is 64.6 cm³/mol. The molecule has 84 valence electrons. The quantitative estimate of drug-likeness (QED) is 0.756. The predicted octanol–water partition coefficient (Wildman–Crippen LogP) is 1.26. The van der Waals surface area contributed by atoms with Gasteiger partial charge in [0.25, 0.3) is 0 Å². The Morgan fingerprint density at radius 1 is 1.38 bits per heavy atom. The number of amides is 1. The van der Waals surface area contributed by atoms with E-state index >= 15 is 0 Å². The molecule has 0 saturated carbocycles. The molecule has 0 radical (unpaired) electrons. The highest BCUT2D eigenvalue weighted by Crippen LogP contribution is 2.08. The van der Waals surface area contributed by atoms with Crippen molar-refractivity contribution in [3.63, 3.8) is 0 Å². The summed E-state index contributed by atoms with van der Waals surface area (Å²) < 4.78 is 0. The van der Waals surface area contributed by atoms with E-state index in [1.165, 1.54) is 0 Å². The zero-order chi connectivity index (χ0) is 11.4. The molecule has 1 atom stereocenters. The van der Waals surface area contributed by atoms with Crippen molar-refractivity contribution in [3.05, 3.63) is 42.0 Å². The first-order chi connectivity index (χ1) is 7.75. The smallest absolute Gasteiger partial charge is 0.246 e. The first-order valence-corrected chi connectivity index (χ1v) is 5.53. The van der Waals surface area contributed by atoms with Gasteiger partial charge in [0.05, 0.1) is 0 Å². The summed E-state index contributed by atoms with van der Waals surface area (Å²) in [6.07, 6.45) is 4.37. The van der Waals surface area contributed by atoms with Gasteiger partial charge in [0.1, 0.15) is 0 Å². The minimum Gasteiger partial charge on any atom is -0.338 e. The van der Waals surface area contributed by atoms with Crippen LogP contribution in [0.2, 0.25) is 0 Å². The monoisotopic (exact) mass is 216 g/mol. The molecule has 0 unspecified atom stereocenters. The molecule has 1 heterocycles. The summed E-state index contributed by atoms with van der Waals surface area (Å²) in [5, 5.41) is 0. The van der Waals surface area contributed by atoms with Crippen LogP contribution in [0.4, 0.5) is 0 Å². The Morgan fingerprint density at radius 2 is 2.12 bits per heavy atom. The number of carbonyl (C=O) groups is 1. The zero-order valence-electron chi connectivity index (χ0n) is 9.17. The van der Waals surface area contributed by atoms with Crippen LogP contribution in [0.15, 0.2) is 36.4 Å². The van der Waals surface area contributed by atoms with Gasteiger partial charge in [-0.3, -0.25) is 4.79 Å². The van der Waals surface area contributed by atoms with Gasteiger partial charge in [-0.2, -0.15) is 0 Å². The van der Waals surface area contributed by atoms with Crippen LogP contribution >= 0.6 is 0 Å². The van der Waals surface area contributed by atoms with Crippen LogP contribution in [0, 0.1) is 0 Å². The summed E-state index contributed by atoms with van der Waals surface area (Å²) in [6.45, 7) is 1.46. The topological polar surface area (TPSA) is 46.3 Å². The lowest BCUT2D eigenvalue weighted by molar-refractivity contribution is -0.124. The number of nitrogens with zero attached hydrogens (tertiary/aromatic N) is 1. The largest absolute Gasteiger partial charge is 0.338 e. The molecular weight excluding hydrogens is 200 g/mol. The molecular formula is C13H16N2O. The van der Waals surface area contributed by atoms with E-state index in [2.05, 4.69) is 0 Å². The molecule has 0 bridgehead atoms. The maximum absolute atomic E-state index is 11.7. The van der Waals surface area contributed by atoms with Gasteiger partial charge in [-0.15, -0.1) is 0 Å². The molecule has 0 aromatic heterocycles. The van der Waals surface area contributed by atoms with Gasteiger partial charge in [-0.25, -0.2) is 0 Å². The van der Waals surface area contributed by atoms with E-state index in [0.717, 1.165) is 18.5 Å². The van der Waals surface area contributed by atoms with E-state index in [1.807, 2.05) is 36.4 Å². The van der Waals surface area contributed by atoms with Crippen LogP contribution < -0.4 is 5.73 Å². The molecule has 3 nitrogen and oxygen atoms in total. The summed E-state index contributed by atoms with van der Waals surface area (Å²) in [5.41, 5.74) is 6.79. The number of carbonyl (C=O) groups excluding carboxylic acids is 1. The number of likely N-dealkylation sites (tertiary alicyclic amines) is 1. The lowest BCUT2D eigenvalue weighted by atomic mass is 10.2. The van der Waals surface area contributed by atoms with Crippen LogP contribution in [0.5, 0.6) is 0 Å². The van der Waals surface area contributed by atoms with Gasteiger partial charge in [0.15, 0.2) is 0 Å². The summed E-state index contributed by atoms with van der Waals surface area (Å²) in [7, 11) is 0. The third kappa shape index (κ3) is 2.70. The number of benzene rings is 1. The molecule has 1 fully saturated rings. The summed E-state index contributed by atoms with van der Waals surface area (Å²) in [4.78, 5) is 13.5. The van der Waals surface area contributed by atoms with Crippen LogP contribution in [-0.2, 0) is 4.79 Å². The van der Waals surface area contributed by atoms with Gasteiger partial charge in [0.2, 0.25) is 5.91 Å². The first kappa shape index (κ1) is 10.9. The Bertz CT molecular complexity index is 386. The maximum Gasteiger partial charge on any atom is 0.246 e. The van der Waals surface area contributed by atoms with Crippen LogP contribution in [0.25, 0.3) is 6.08 Å². The SMILES string of the molecule is N[C@H]1CCN(C(=O)/C=C/c2ccccc2)C1. The average Bonchev–Trinajstić information content (AvgIpc) is 2.74. The van der Waals surface area contributed by atoms with E-state index in [1.54, 1.807) is 11.0 Å². The molecule has 1 amide bonds. The van der Waals surface area contributed by atoms with Crippen molar-refractivity contribution in [1.82, 2.24) is 4.90 Å². The van der Waals surface area contributed by atoms with Crippen LogP contribution in [0.1, 0.15) is 12.0 Å². The molecule has 0 aliphatic carbocycles. The van der Waals surface area contributed by atoms with Gasteiger partial charge in [-0.1, -0.05) is 30.3 Å². The number of hydrogen-bond acceptors (Lipinski definition) is 2. The Balaban J connectivity index is 1.95. The maximum atomic E-state index is 11.7. The molecule has 2 rings (SSSR count). The molecule has 1 aromatic rings. The third-order valence-corrected chi connectivity index (χ3v) is 2.75. The van der Waals surface area contributed by atoms with Crippen LogP contribution in [0.3, 0.4) is 0 Å². The standard InChI is InChI=1S/C13H16N2O/c14-12-8-9-15(10-12)13(16)7-6-11-4-2-1-3-5-11/h1-7,12H,8-10,14H2/b7-6+/t12-/m0/s1. The fourth-order valence-electron chi connectivity index (χ4n) is 1.82. The lowest BCUT2D eigenvalue weighted by Gasteiger charge is -2.12. The fraction of sp³-hybridized carbons (Fsp3) is 0.308. The van der Waals surface area contributed by atoms with E-state index < -0.39 is 0 Å². The lowest BCUT2D eigenvalue weighted by Crippen LogP contribution is -2.30. The van der Waals surface area contributed by atoms with Gasteiger partial charge in [0, 0.05) is 25.2 Å². The second-order valence-electron chi connectivity index (χ2n) is 4.08. The molecule has 1 aliphatic heterocycles. The normalized spacial score (nSPS) is 20.6. The fourth-order valence-corrected chi connectivity index (χ4v) is 1.82. The number of hydrogen-bond donors (Lipinski definition) is 1. The van der Waals surface area contributed by atoms with E-state index in [4.69, 9.17) is 5.73 Å². The van der Waals surface area contributed by atoms with Gasteiger partial charge in [-0.05, 0) is 18.1 Å². The van der Waals surface area contributed by atoms with Crippen molar-refractivity contribution in [2.45, 2.75) is 12.5 Å². The molecule has 1 saturated heterocycles. The van der Waals surface area contributed by atoms with E-state index in [9.17, 15) is 4.79 Å². The highest BCUT2D eigenvalue weighted by molar-refractivity contribution is 5.91. The summed E-state index contributed by atoms with van der Waals surface area (Å²) >= 11 is 0. The summed E-state index contributed by atoms with van der Waals surface area (Å²) in [6, 6.07) is 9.96. The molecule has 3 heteroatoms. The molecule has 1 aliphatic rings.